The fraction of sp³-hybridized carbons (Fsp3) is 0.267. The van der Waals surface area contributed by atoms with Crippen LogP contribution in [-0.2, 0) is 0 Å². The van der Waals surface area contributed by atoms with Crippen LogP contribution in [0, 0.1) is 0 Å². The summed E-state index contributed by atoms with van der Waals surface area (Å²) in [4.78, 5) is 36.7. The smallest absolute Gasteiger partial charge is 0.291 e. The van der Waals surface area contributed by atoms with Gasteiger partial charge in [0.15, 0.2) is 5.82 Å². The summed E-state index contributed by atoms with van der Waals surface area (Å²) in [6.07, 6.45) is 7.69. The molecule has 0 atom stereocenters. The second-order valence-electron chi connectivity index (χ2n) is 5.43. The summed E-state index contributed by atoms with van der Waals surface area (Å²) < 4.78 is 1.58. The van der Waals surface area contributed by atoms with Crippen molar-refractivity contribution in [1.82, 2.24) is 39.6 Å². The molecule has 0 bridgehead atoms. The highest BCUT2D eigenvalue weighted by molar-refractivity contribution is 5.90. The van der Waals surface area contributed by atoms with Gasteiger partial charge in [0.25, 0.3) is 5.91 Å². The molecule has 4 rings (SSSR count). The maximum absolute atomic E-state index is 12.4. The van der Waals surface area contributed by atoms with Crippen LogP contribution in [0.3, 0.4) is 0 Å². The van der Waals surface area contributed by atoms with Crippen molar-refractivity contribution in [2.75, 3.05) is 31.1 Å². The van der Waals surface area contributed by atoms with Crippen LogP contribution in [0.15, 0.2) is 43.5 Å². The van der Waals surface area contributed by atoms with Gasteiger partial charge in [-0.05, 0) is 6.07 Å². The fourth-order valence-electron chi connectivity index (χ4n) is 2.65. The predicted octanol–water partition coefficient (Wildman–Crippen LogP) is -0.190. The van der Waals surface area contributed by atoms with Crippen LogP contribution in [0.5, 0.6) is 0 Å². The Hall–Kier alpha value is -3.43. The lowest BCUT2D eigenvalue weighted by molar-refractivity contribution is 0.0734. The Labute approximate surface area is 143 Å². The first-order valence-corrected chi connectivity index (χ1v) is 7.79. The quantitative estimate of drug-likeness (QED) is 0.647. The van der Waals surface area contributed by atoms with Gasteiger partial charge < -0.3 is 9.80 Å². The van der Waals surface area contributed by atoms with Crippen molar-refractivity contribution in [3.63, 3.8) is 0 Å². The van der Waals surface area contributed by atoms with Crippen molar-refractivity contribution in [2.24, 2.45) is 0 Å². The monoisotopic (exact) mass is 337 g/mol. The van der Waals surface area contributed by atoms with Crippen LogP contribution in [0.25, 0.3) is 5.82 Å². The molecule has 25 heavy (non-hydrogen) atoms. The third-order valence-electron chi connectivity index (χ3n) is 3.94. The molecule has 1 amide bonds. The van der Waals surface area contributed by atoms with Crippen molar-refractivity contribution < 1.29 is 4.79 Å². The van der Waals surface area contributed by atoms with Crippen LogP contribution in [0.2, 0.25) is 0 Å². The lowest BCUT2D eigenvalue weighted by Crippen LogP contribution is -2.49. The zero-order valence-corrected chi connectivity index (χ0v) is 13.3. The van der Waals surface area contributed by atoms with E-state index in [2.05, 4.69) is 34.9 Å². The average Bonchev–Trinajstić information content (AvgIpc) is 3.23. The Morgan fingerprint density at radius 3 is 2.40 bits per heavy atom. The van der Waals surface area contributed by atoms with E-state index in [0.29, 0.717) is 32.0 Å². The van der Waals surface area contributed by atoms with Gasteiger partial charge in [0.1, 0.15) is 24.8 Å². The van der Waals surface area contributed by atoms with E-state index in [9.17, 15) is 4.79 Å². The van der Waals surface area contributed by atoms with Crippen LogP contribution >= 0.6 is 0 Å². The second-order valence-corrected chi connectivity index (χ2v) is 5.43. The number of carbonyl (C=O) groups excluding carboxylic acids is 1. The van der Waals surface area contributed by atoms with E-state index < -0.39 is 0 Å². The molecule has 4 heterocycles. The standard InChI is InChI=1S/C15H15N9O/c25-15(14-17-2-1-3-18-14)23-6-4-22(5-7-23)12-8-13(20-10-19-12)24-11-16-9-21-24/h1-3,8-11H,4-7H2. The van der Waals surface area contributed by atoms with E-state index in [1.54, 1.807) is 34.4 Å². The molecular formula is C15H15N9O. The number of hydrogen-bond acceptors (Lipinski definition) is 8. The lowest BCUT2D eigenvalue weighted by atomic mass is 10.3. The van der Waals surface area contributed by atoms with Gasteiger partial charge in [-0.3, -0.25) is 4.79 Å². The number of aromatic nitrogens is 7. The van der Waals surface area contributed by atoms with Gasteiger partial charge >= 0.3 is 0 Å². The number of rotatable bonds is 3. The lowest BCUT2D eigenvalue weighted by Gasteiger charge is -2.35. The number of amides is 1. The SMILES string of the molecule is O=C(c1ncccn1)N1CCN(c2cc(-n3cncn3)ncn2)CC1. The molecule has 0 spiro atoms. The summed E-state index contributed by atoms with van der Waals surface area (Å²) in [5.41, 5.74) is 0. The van der Waals surface area contributed by atoms with Crippen molar-refractivity contribution in [3.8, 4) is 5.82 Å². The highest BCUT2D eigenvalue weighted by Crippen LogP contribution is 2.16. The molecule has 1 aliphatic heterocycles. The molecule has 0 N–H and O–H groups in total. The Morgan fingerprint density at radius 1 is 0.920 bits per heavy atom. The van der Waals surface area contributed by atoms with Crippen molar-refractivity contribution >= 4 is 11.7 Å². The first kappa shape index (κ1) is 15.1. The molecule has 10 heteroatoms. The largest absolute Gasteiger partial charge is 0.353 e. The molecular weight excluding hydrogens is 322 g/mol. The van der Waals surface area contributed by atoms with E-state index in [-0.39, 0.29) is 11.7 Å². The van der Waals surface area contributed by atoms with Crippen molar-refractivity contribution in [3.05, 3.63) is 49.3 Å². The molecule has 0 radical (unpaired) electrons. The normalized spacial score (nSPS) is 14.6. The molecule has 1 saturated heterocycles. The number of anilines is 1. The van der Waals surface area contributed by atoms with Gasteiger partial charge in [0.05, 0.1) is 0 Å². The van der Waals surface area contributed by atoms with E-state index in [0.717, 1.165) is 5.82 Å². The summed E-state index contributed by atoms with van der Waals surface area (Å²) in [5, 5.41) is 4.07. The van der Waals surface area contributed by atoms with Gasteiger partial charge in [0.2, 0.25) is 5.82 Å². The van der Waals surface area contributed by atoms with Gasteiger partial charge in [-0.1, -0.05) is 0 Å². The molecule has 0 aliphatic carbocycles. The summed E-state index contributed by atoms with van der Waals surface area (Å²) >= 11 is 0. The zero-order valence-electron chi connectivity index (χ0n) is 13.3. The average molecular weight is 337 g/mol. The van der Waals surface area contributed by atoms with Gasteiger partial charge in [-0.25, -0.2) is 29.6 Å². The molecule has 1 fully saturated rings. The van der Waals surface area contributed by atoms with E-state index in [4.69, 9.17) is 0 Å². The third-order valence-corrected chi connectivity index (χ3v) is 3.94. The molecule has 126 valence electrons. The number of nitrogens with zero attached hydrogens (tertiary/aromatic N) is 9. The third kappa shape index (κ3) is 3.13. The maximum atomic E-state index is 12.4. The summed E-state index contributed by atoms with van der Waals surface area (Å²) in [6.45, 7) is 2.51. The molecule has 0 aromatic carbocycles. The van der Waals surface area contributed by atoms with Crippen LogP contribution in [0.4, 0.5) is 5.82 Å². The minimum absolute atomic E-state index is 0.147. The van der Waals surface area contributed by atoms with Gasteiger partial charge in [0, 0.05) is 44.6 Å². The van der Waals surface area contributed by atoms with Crippen LogP contribution in [0.1, 0.15) is 10.6 Å². The Balaban J connectivity index is 1.44. The van der Waals surface area contributed by atoms with Gasteiger partial charge in [-0.15, -0.1) is 0 Å². The number of piperazine rings is 1. The molecule has 0 saturated carbocycles. The van der Waals surface area contributed by atoms with Crippen LogP contribution in [-0.4, -0.2) is 71.7 Å². The minimum Gasteiger partial charge on any atom is -0.353 e. The van der Waals surface area contributed by atoms with Crippen molar-refractivity contribution in [1.29, 1.82) is 0 Å². The molecule has 3 aromatic rings. The molecule has 3 aromatic heterocycles. The Bertz CT molecular complexity index is 844. The summed E-state index contributed by atoms with van der Waals surface area (Å²) in [6, 6.07) is 3.54. The highest BCUT2D eigenvalue weighted by atomic mass is 16.2. The summed E-state index contributed by atoms with van der Waals surface area (Å²) in [7, 11) is 0. The number of hydrogen-bond donors (Lipinski definition) is 0. The van der Waals surface area contributed by atoms with Crippen molar-refractivity contribution in [2.45, 2.75) is 0 Å². The Morgan fingerprint density at radius 2 is 1.68 bits per heavy atom. The maximum Gasteiger partial charge on any atom is 0.291 e. The number of carbonyl (C=O) groups is 1. The van der Waals surface area contributed by atoms with Gasteiger partial charge in [-0.2, -0.15) is 5.10 Å². The van der Waals surface area contributed by atoms with Crippen LogP contribution < -0.4 is 4.90 Å². The first-order valence-electron chi connectivity index (χ1n) is 7.79. The predicted molar refractivity (Wildman–Crippen MR) is 87.1 cm³/mol. The summed E-state index contributed by atoms with van der Waals surface area (Å²) in [5.74, 6) is 1.53. The minimum atomic E-state index is -0.147. The topological polar surface area (TPSA) is 106 Å². The first-order chi connectivity index (χ1) is 12.3. The van der Waals surface area contributed by atoms with E-state index in [1.165, 1.54) is 12.7 Å². The molecule has 1 aliphatic rings. The van der Waals surface area contributed by atoms with E-state index >= 15 is 0 Å². The molecule has 10 nitrogen and oxygen atoms in total. The highest BCUT2D eigenvalue weighted by Gasteiger charge is 2.24. The Kier molecular flexibility index (Phi) is 3.99. The zero-order chi connectivity index (χ0) is 17.1. The molecule has 0 unspecified atom stereocenters. The fourth-order valence-corrected chi connectivity index (χ4v) is 2.65. The second kappa shape index (κ2) is 6.59. The van der Waals surface area contributed by atoms with E-state index in [1.807, 2.05) is 6.07 Å².